The summed E-state index contributed by atoms with van der Waals surface area (Å²) in [5, 5.41) is 18.6. The number of nitrogens with zero attached hydrogens (tertiary/aromatic N) is 2. The van der Waals surface area contributed by atoms with Gasteiger partial charge in [-0.2, -0.15) is 0 Å². The highest BCUT2D eigenvalue weighted by molar-refractivity contribution is 5.88. The van der Waals surface area contributed by atoms with Gasteiger partial charge < -0.3 is 34.7 Å². The Morgan fingerprint density at radius 2 is 1.76 bits per heavy atom. The largest absolute Gasteiger partial charge is 0.453 e. The molecule has 49 heavy (non-hydrogen) atoms. The molecule has 2 saturated heterocycles. The van der Waals surface area contributed by atoms with Crippen LogP contribution in [-0.4, -0.2) is 90.6 Å². The number of pyridine rings is 1. The molecule has 3 heterocycles. The van der Waals surface area contributed by atoms with Gasteiger partial charge in [0.25, 0.3) is 5.91 Å². The lowest BCUT2D eigenvalue weighted by Gasteiger charge is -2.32. The predicted octanol–water partition coefficient (Wildman–Crippen LogP) is 3.34. The SMILES string of the molecule is C=C(C)C(NC(=O)OC)C(=O)NN(Cc1ccc(-c2ccccn2)cc1)CC(O)C(Cc1ccccc1)NC(=O)OC1COC2OCCC12. The van der Waals surface area contributed by atoms with Crippen LogP contribution in [0.25, 0.3) is 11.3 Å². The molecular formula is C36H43N5O8. The lowest BCUT2D eigenvalue weighted by molar-refractivity contribution is -0.128. The maximum Gasteiger partial charge on any atom is 0.407 e. The van der Waals surface area contributed by atoms with Gasteiger partial charge in [0.1, 0.15) is 12.1 Å². The highest BCUT2D eigenvalue weighted by Gasteiger charge is 2.44. The van der Waals surface area contributed by atoms with E-state index in [-0.39, 0.29) is 38.3 Å². The first-order chi connectivity index (χ1) is 23.7. The van der Waals surface area contributed by atoms with Gasteiger partial charge in [-0.3, -0.25) is 15.2 Å². The number of nitrogens with one attached hydrogen (secondary N) is 3. The van der Waals surface area contributed by atoms with Crippen LogP contribution in [0.4, 0.5) is 9.59 Å². The van der Waals surface area contributed by atoms with Crippen LogP contribution in [0.1, 0.15) is 24.5 Å². The molecule has 3 amide bonds. The van der Waals surface area contributed by atoms with Gasteiger partial charge in [-0.15, -0.1) is 0 Å². The summed E-state index contributed by atoms with van der Waals surface area (Å²) in [4.78, 5) is 43.1. The van der Waals surface area contributed by atoms with Gasteiger partial charge in [-0.05, 0) is 48.6 Å². The fourth-order valence-electron chi connectivity index (χ4n) is 5.87. The molecule has 2 aliphatic rings. The fourth-order valence-corrected chi connectivity index (χ4v) is 5.87. The van der Waals surface area contributed by atoms with Crippen LogP contribution in [0, 0.1) is 5.92 Å². The van der Waals surface area contributed by atoms with Gasteiger partial charge in [0, 0.05) is 24.8 Å². The third-order valence-corrected chi connectivity index (χ3v) is 8.48. The predicted molar refractivity (Wildman–Crippen MR) is 180 cm³/mol. The van der Waals surface area contributed by atoms with Crippen molar-refractivity contribution in [1.82, 2.24) is 26.1 Å². The minimum Gasteiger partial charge on any atom is -0.453 e. The first-order valence-electron chi connectivity index (χ1n) is 16.2. The lowest BCUT2D eigenvalue weighted by Crippen LogP contribution is -2.56. The minimum atomic E-state index is -1.18. The van der Waals surface area contributed by atoms with Gasteiger partial charge >= 0.3 is 12.2 Å². The van der Waals surface area contributed by atoms with E-state index in [0.717, 1.165) is 28.8 Å². The first-order valence-corrected chi connectivity index (χ1v) is 16.2. The summed E-state index contributed by atoms with van der Waals surface area (Å²) in [6.07, 6.45) is -0.776. The van der Waals surface area contributed by atoms with E-state index in [1.54, 1.807) is 13.1 Å². The maximum absolute atomic E-state index is 13.5. The van der Waals surface area contributed by atoms with Crippen LogP contribution in [0.3, 0.4) is 0 Å². The van der Waals surface area contributed by atoms with Gasteiger partial charge in [0.15, 0.2) is 6.29 Å². The van der Waals surface area contributed by atoms with Crippen LogP contribution >= 0.6 is 0 Å². The number of alkyl carbamates (subject to hydrolysis) is 2. The van der Waals surface area contributed by atoms with Crippen molar-refractivity contribution in [2.24, 2.45) is 5.92 Å². The average molecular weight is 674 g/mol. The molecule has 0 radical (unpaired) electrons. The molecule has 260 valence electrons. The van der Waals surface area contributed by atoms with Crippen LogP contribution in [0.5, 0.6) is 0 Å². The summed E-state index contributed by atoms with van der Waals surface area (Å²) >= 11 is 0. The minimum absolute atomic E-state index is 0.0436. The monoisotopic (exact) mass is 673 g/mol. The quantitative estimate of drug-likeness (QED) is 0.148. The zero-order valence-corrected chi connectivity index (χ0v) is 27.6. The summed E-state index contributed by atoms with van der Waals surface area (Å²) in [7, 11) is 1.20. The summed E-state index contributed by atoms with van der Waals surface area (Å²) < 4.78 is 21.6. The Morgan fingerprint density at radius 3 is 2.45 bits per heavy atom. The van der Waals surface area contributed by atoms with Crippen molar-refractivity contribution >= 4 is 18.1 Å². The van der Waals surface area contributed by atoms with Crippen molar-refractivity contribution in [3.8, 4) is 11.3 Å². The van der Waals surface area contributed by atoms with Crippen LogP contribution in [0.2, 0.25) is 0 Å². The van der Waals surface area contributed by atoms with Gasteiger partial charge in [-0.25, -0.2) is 14.6 Å². The number of hydrogen-bond donors (Lipinski definition) is 4. The molecule has 0 bridgehead atoms. The van der Waals surface area contributed by atoms with E-state index in [1.807, 2.05) is 72.8 Å². The number of aliphatic hydroxyl groups excluding tert-OH is 1. The molecule has 2 fully saturated rings. The summed E-state index contributed by atoms with van der Waals surface area (Å²) in [5.74, 6) is -0.630. The Bertz CT molecular complexity index is 1560. The second kappa shape index (κ2) is 17.0. The van der Waals surface area contributed by atoms with Crippen molar-refractivity contribution in [2.75, 3.05) is 26.9 Å². The van der Waals surface area contributed by atoms with E-state index in [0.29, 0.717) is 12.2 Å². The van der Waals surface area contributed by atoms with E-state index in [9.17, 15) is 19.5 Å². The van der Waals surface area contributed by atoms with Crippen LogP contribution in [0.15, 0.2) is 91.1 Å². The zero-order chi connectivity index (χ0) is 34.8. The number of amides is 3. The molecular weight excluding hydrogens is 630 g/mol. The number of aliphatic hydroxyl groups is 1. The standard InChI is InChI=1S/C36H43N5O8/c1-23(2)32(39-35(44)46-3)33(43)40-41(20-25-12-14-26(15-13-25)28-11-7-8-17-37-28)21-30(42)29(19-24-9-5-4-6-10-24)38-36(45)49-31-22-48-34-27(31)16-18-47-34/h4-15,17,27,29-32,34,42H,1,16,18-22H2,2-3H3,(H,38,45)(H,39,44)(H,40,43). The second-order valence-electron chi connectivity index (χ2n) is 12.2. The molecule has 0 saturated carbocycles. The average Bonchev–Trinajstić information content (AvgIpc) is 3.73. The number of ether oxygens (including phenoxy) is 4. The maximum atomic E-state index is 13.5. The summed E-state index contributed by atoms with van der Waals surface area (Å²) in [5.41, 5.74) is 6.63. The molecule has 1 aromatic heterocycles. The van der Waals surface area contributed by atoms with Gasteiger partial charge in [0.05, 0.1) is 44.1 Å². The summed E-state index contributed by atoms with van der Waals surface area (Å²) in [6, 6.07) is 20.8. The smallest absolute Gasteiger partial charge is 0.407 e. The molecule has 6 unspecified atom stereocenters. The van der Waals surface area contributed by atoms with Gasteiger partial charge in [0.2, 0.25) is 0 Å². The molecule has 5 rings (SSSR count). The Kier molecular flexibility index (Phi) is 12.3. The number of aromatic nitrogens is 1. The normalized spacial score (nSPS) is 20.0. The Balaban J connectivity index is 1.34. The van der Waals surface area contributed by atoms with Crippen molar-refractivity contribution in [2.45, 2.75) is 56.9 Å². The van der Waals surface area contributed by atoms with E-state index >= 15 is 0 Å². The van der Waals surface area contributed by atoms with Crippen molar-refractivity contribution in [3.63, 3.8) is 0 Å². The molecule has 2 aromatic carbocycles. The third kappa shape index (κ3) is 9.86. The molecule has 13 nitrogen and oxygen atoms in total. The Morgan fingerprint density at radius 1 is 1.00 bits per heavy atom. The van der Waals surface area contributed by atoms with E-state index in [2.05, 4.69) is 27.6 Å². The molecule has 4 N–H and O–H groups in total. The topological polar surface area (TPSA) is 161 Å². The van der Waals surface area contributed by atoms with Crippen LogP contribution < -0.4 is 16.1 Å². The molecule has 3 aromatic rings. The van der Waals surface area contributed by atoms with E-state index in [1.165, 1.54) is 12.1 Å². The molecule has 13 heteroatoms. The van der Waals surface area contributed by atoms with Gasteiger partial charge in [-0.1, -0.05) is 67.2 Å². The zero-order valence-electron chi connectivity index (χ0n) is 27.6. The number of carbonyl (C=O) groups is 3. The first kappa shape index (κ1) is 35.5. The van der Waals surface area contributed by atoms with Crippen molar-refractivity contribution in [3.05, 3.63) is 102 Å². The molecule has 6 atom stereocenters. The number of hydrogen-bond acceptors (Lipinski definition) is 10. The Labute approximate surface area is 285 Å². The van der Waals surface area contributed by atoms with E-state index < -0.39 is 42.4 Å². The number of carbonyl (C=O) groups excluding carboxylic acids is 3. The summed E-state index contributed by atoms with van der Waals surface area (Å²) in [6.45, 7) is 6.30. The molecule has 0 spiro atoms. The highest BCUT2D eigenvalue weighted by Crippen LogP contribution is 2.33. The molecule has 0 aliphatic carbocycles. The lowest BCUT2D eigenvalue weighted by atomic mass is 10.0. The molecule has 2 aliphatic heterocycles. The number of methoxy groups -OCH3 is 1. The number of benzene rings is 2. The van der Waals surface area contributed by atoms with Crippen molar-refractivity contribution < 1.29 is 38.4 Å². The van der Waals surface area contributed by atoms with Crippen molar-refractivity contribution in [1.29, 1.82) is 0 Å². The fraction of sp³-hybridized carbons (Fsp3) is 0.389. The van der Waals surface area contributed by atoms with Crippen LogP contribution in [-0.2, 0) is 36.7 Å². The highest BCUT2D eigenvalue weighted by atomic mass is 16.7. The number of rotatable bonds is 14. The number of fused-ring (bicyclic) bond motifs is 1. The Hall–Kier alpha value is -4.82. The number of hydrazine groups is 1. The second-order valence-corrected chi connectivity index (χ2v) is 12.2. The van der Waals surface area contributed by atoms with E-state index in [4.69, 9.17) is 18.9 Å². The third-order valence-electron chi connectivity index (χ3n) is 8.48.